The van der Waals surface area contributed by atoms with E-state index < -0.39 is 27.9 Å². The third-order valence-corrected chi connectivity index (χ3v) is 4.01. The Morgan fingerprint density at radius 3 is 2.04 bits per heavy atom. The maximum atomic E-state index is 12.3. The molecule has 0 unspecified atom stereocenters. The van der Waals surface area contributed by atoms with Gasteiger partial charge in [0, 0.05) is 16.8 Å². The van der Waals surface area contributed by atoms with Crippen LogP contribution < -0.4 is 4.72 Å². The van der Waals surface area contributed by atoms with E-state index in [-0.39, 0.29) is 11.1 Å². The number of esters is 1. The van der Waals surface area contributed by atoms with Crippen molar-refractivity contribution in [2.75, 3.05) is 11.0 Å². The number of nitrogens with one attached hydrogen (secondary N) is 1. The molecule has 0 spiro atoms. The number of aldehydes is 1. The lowest BCUT2D eigenvalue weighted by Gasteiger charge is -2.13. The van der Waals surface area contributed by atoms with Crippen LogP contribution in [0, 0.1) is 0 Å². The van der Waals surface area contributed by atoms with E-state index in [2.05, 4.69) is 4.72 Å². The first kappa shape index (κ1) is 19.3. The fourth-order valence-corrected chi connectivity index (χ4v) is 2.70. The molecule has 0 aliphatic carbocycles. The molecule has 136 valence electrons. The van der Waals surface area contributed by atoms with Crippen molar-refractivity contribution in [2.24, 2.45) is 0 Å². The summed E-state index contributed by atoms with van der Waals surface area (Å²) in [6.45, 7) is 1.45. The standard InChI is InChI=1S/C18H17NO6S/c1-12(25-18(22)15-5-3-13(11-20)4-6-15)17(21)14-7-9-16(10-8-14)19-26(2,23)24/h3-12,19H,1-2H3/t12-/m1/s1. The van der Waals surface area contributed by atoms with Crippen LogP contribution in [0.2, 0.25) is 0 Å². The number of Topliss-reactive ketones (excluding diaryl/α,β-unsaturated/α-hetero) is 1. The van der Waals surface area contributed by atoms with Crippen molar-refractivity contribution in [2.45, 2.75) is 13.0 Å². The SMILES string of the molecule is C[C@@H](OC(=O)c1ccc(C=O)cc1)C(=O)c1ccc(NS(C)(=O)=O)cc1. The van der Waals surface area contributed by atoms with Crippen LogP contribution in [0.15, 0.2) is 48.5 Å². The highest BCUT2D eigenvalue weighted by Crippen LogP contribution is 2.14. The number of sulfonamides is 1. The second kappa shape index (κ2) is 7.92. The van der Waals surface area contributed by atoms with Crippen LogP contribution in [0.25, 0.3) is 0 Å². The van der Waals surface area contributed by atoms with E-state index in [0.717, 1.165) is 6.26 Å². The molecule has 7 nitrogen and oxygen atoms in total. The quantitative estimate of drug-likeness (QED) is 0.452. The van der Waals surface area contributed by atoms with Crippen molar-refractivity contribution in [1.82, 2.24) is 0 Å². The van der Waals surface area contributed by atoms with Crippen molar-refractivity contribution in [1.29, 1.82) is 0 Å². The minimum absolute atomic E-state index is 0.225. The highest BCUT2D eigenvalue weighted by atomic mass is 32.2. The smallest absolute Gasteiger partial charge is 0.338 e. The van der Waals surface area contributed by atoms with Crippen molar-refractivity contribution in [3.8, 4) is 0 Å². The molecule has 0 aliphatic rings. The van der Waals surface area contributed by atoms with Crippen molar-refractivity contribution in [3.05, 3.63) is 65.2 Å². The summed E-state index contributed by atoms with van der Waals surface area (Å²) in [7, 11) is -3.40. The summed E-state index contributed by atoms with van der Waals surface area (Å²) < 4.78 is 29.8. The molecule has 1 atom stereocenters. The third-order valence-electron chi connectivity index (χ3n) is 3.41. The number of carbonyl (C=O) groups is 3. The first-order valence-corrected chi connectivity index (χ1v) is 9.47. The number of rotatable bonds is 7. The van der Waals surface area contributed by atoms with Gasteiger partial charge in [-0.1, -0.05) is 12.1 Å². The maximum Gasteiger partial charge on any atom is 0.338 e. The average Bonchev–Trinajstić information content (AvgIpc) is 2.60. The second-order valence-corrected chi connectivity index (χ2v) is 7.35. The van der Waals surface area contributed by atoms with Gasteiger partial charge in [0.1, 0.15) is 6.29 Å². The van der Waals surface area contributed by atoms with Gasteiger partial charge in [0.15, 0.2) is 6.10 Å². The summed E-state index contributed by atoms with van der Waals surface area (Å²) in [5, 5.41) is 0. The Morgan fingerprint density at radius 2 is 1.54 bits per heavy atom. The molecule has 26 heavy (non-hydrogen) atoms. The Morgan fingerprint density at radius 1 is 1.00 bits per heavy atom. The summed E-state index contributed by atoms with van der Waals surface area (Å²) in [6, 6.07) is 11.6. The van der Waals surface area contributed by atoms with Gasteiger partial charge in [-0.15, -0.1) is 0 Å². The van der Waals surface area contributed by atoms with Gasteiger partial charge < -0.3 is 4.74 Å². The Labute approximate surface area is 151 Å². The Balaban J connectivity index is 2.04. The van der Waals surface area contributed by atoms with Gasteiger partial charge in [-0.3, -0.25) is 14.3 Å². The van der Waals surface area contributed by atoms with E-state index in [9.17, 15) is 22.8 Å². The van der Waals surface area contributed by atoms with E-state index in [4.69, 9.17) is 4.74 Å². The average molecular weight is 375 g/mol. The van der Waals surface area contributed by atoms with Crippen molar-refractivity contribution in [3.63, 3.8) is 0 Å². The maximum absolute atomic E-state index is 12.3. The summed E-state index contributed by atoms with van der Waals surface area (Å²) in [5.41, 5.74) is 1.25. The van der Waals surface area contributed by atoms with Crippen molar-refractivity contribution >= 4 is 33.7 Å². The predicted octanol–water partition coefficient (Wildman–Crippen LogP) is 2.30. The van der Waals surface area contributed by atoms with Gasteiger partial charge in [-0.25, -0.2) is 13.2 Å². The van der Waals surface area contributed by atoms with Crippen LogP contribution >= 0.6 is 0 Å². The van der Waals surface area contributed by atoms with Crippen LogP contribution in [0.4, 0.5) is 5.69 Å². The molecule has 0 fully saturated rings. The largest absolute Gasteiger partial charge is 0.451 e. The fraction of sp³-hybridized carbons (Fsp3) is 0.167. The van der Waals surface area contributed by atoms with Crippen LogP contribution in [-0.4, -0.2) is 38.8 Å². The fourth-order valence-electron chi connectivity index (χ4n) is 2.13. The summed E-state index contributed by atoms with van der Waals surface area (Å²) in [6.07, 6.45) is 0.653. The van der Waals surface area contributed by atoms with E-state index in [1.165, 1.54) is 55.5 Å². The van der Waals surface area contributed by atoms with Crippen LogP contribution in [0.1, 0.15) is 38.0 Å². The van der Waals surface area contributed by atoms with E-state index in [1.54, 1.807) is 0 Å². The lowest BCUT2D eigenvalue weighted by molar-refractivity contribution is 0.0318. The summed E-state index contributed by atoms with van der Waals surface area (Å²) >= 11 is 0. The highest BCUT2D eigenvalue weighted by Gasteiger charge is 2.20. The third kappa shape index (κ3) is 5.25. The number of carbonyl (C=O) groups excluding carboxylic acids is 3. The van der Waals surface area contributed by atoms with Crippen molar-refractivity contribution < 1.29 is 27.5 Å². The molecule has 0 bridgehead atoms. The highest BCUT2D eigenvalue weighted by molar-refractivity contribution is 7.92. The van der Waals surface area contributed by atoms with Gasteiger partial charge in [-0.2, -0.15) is 0 Å². The Kier molecular flexibility index (Phi) is 5.89. The Hall–Kier alpha value is -3.00. The number of ether oxygens (including phenoxy) is 1. The monoisotopic (exact) mass is 375 g/mol. The first-order valence-electron chi connectivity index (χ1n) is 7.58. The topological polar surface area (TPSA) is 107 Å². The lowest BCUT2D eigenvalue weighted by Crippen LogP contribution is -2.24. The zero-order valence-corrected chi connectivity index (χ0v) is 14.9. The minimum atomic E-state index is -3.40. The molecule has 0 saturated heterocycles. The molecule has 0 amide bonds. The first-order chi connectivity index (χ1) is 12.2. The van der Waals surface area contributed by atoms with Gasteiger partial charge in [0.25, 0.3) is 0 Å². The molecule has 2 aromatic rings. The normalized spacial score (nSPS) is 12.1. The van der Waals surface area contributed by atoms with Gasteiger partial charge >= 0.3 is 5.97 Å². The molecule has 2 rings (SSSR count). The molecular formula is C18H17NO6S. The van der Waals surface area contributed by atoms with E-state index in [0.29, 0.717) is 17.5 Å². The molecule has 0 saturated carbocycles. The number of hydrogen-bond donors (Lipinski definition) is 1. The van der Waals surface area contributed by atoms with Gasteiger partial charge in [0.05, 0.1) is 11.8 Å². The molecule has 1 N–H and O–H groups in total. The summed E-state index contributed by atoms with van der Waals surface area (Å²) in [5.74, 6) is -1.10. The molecule has 2 aromatic carbocycles. The number of hydrogen-bond acceptors (Lipinski definition) is 6. The molecule has 8 heteroatoms. The zero-order valence-electron chi connectivity index (χ0n) is 14.1. The number of benzene rings is 2. The zero-order chi connectivity index (χ0) is 19.3. The van der Waals surface area contributed by atoms with E-state index >= 15 is 0 Å². The van der Waals surface area contributed by atoms with Crippen LogP contribution in [-0.2, 0) is 14.8 Å². The van der Waals surface area contributed by atoms with Gasteiger partial charge in [-0.05, 0) is 43.3 Å². The van der Waals surface area contributed by atoms with Gasteiger partial charge in [0.2, 0.25) is 15.8 Å². The van der Waals surface area contributed by atoms with E-state index in [1.807, 2.05) is 0 Å². The lowest BCUT2D eigenvalue weighted by atomic mass is 10.1. The molecule has 0 heterocycles. The van der Waals surface area contributed by atoms with Crippen LogP contribution in [0.3, 0.4) is 0 Å². The molecule has 0 aromatic heterocycles. The second-order valence-electron chi connectivity index (χ2n) is 5.60. The Bertz CT molecular complexity index is 917. The molecule has 0 radical (unpaired) electrons. The molecular weight excluding hydrogens is 358 g/mol. The minimum Gasteiger partial charge on any atom is -0.451 e. The number of anilines is 1. The molecule has 0 aliphatic heterocycles. The van der Waals surface area contributed by atoms with Crippen LogP contribution in [0.5, 0.6) is 0 Å². The predicted molar refractivity (Wildman–Crippen MR) is 95.9 cm³/mol. The summed E-state index contributed by atoms with van der Waals surface area (Å²) in [4.78, 5) is 35.0. The number of ketones is 1.